The lowest BCUT2D eigenvalue weighted by molar-refractivity contribution is -0.139. The average molecular weight is 283 g/mol. The summed E-state index contributed by atoms with van der Waals surface area (Å²) in [7, 11) is 0.979. The summed E-state index contributed by atoms with van der Waals surface area (Å²) in [6.45, 7) is -0.783. The van der Waals surface area contributed by atoms with E-state index in [1.54, 1.807) is 5.32 Å². The summed E-state index contributed by atoms with van der Waals surface area (Å²) < 4.78 is 68.7. The summed E-state index contributed by atoms with van der Waals surface area (Å²) in [6.07, 6.45) is 0. The number of ether oxygens (including phenoxy) is 1. The van der Waals surface area contributed by atoms with Crippen molar-refractivity contribution < 1.29 is 36.3 Å². The number of carbonyl (C=O) groups is 2. The first-order chi connectivity index (χ1) is 8.81. The highest BCUT2D eigenvalue weighted by molar-refractivity contribution is 5.96. The van der Waals surface area contributed by atoms with Crippen molar-refractivity contribution in [1.82, 2.24) is 5.32 Å². The summed E-state index contributed by atoms with van der Waals surface area (Å²) in [6, 6.07) is 0. The highest BCUT2D eigenvalue weighted by Crippen LogP contribution is 2.22. The molecule has 1 N–H and O–H groups in total. The Hall–Kier alpha value is -2.19. The van der Waals surface area contributed by atoms with Crippen LogP contribution in [0.15, 0.2) is 0 Å². The minimum absolute atomic E-state index is 0.783. The molecular weight excluding hydrogens is 277 g/mol. The Morgan fingerprint density at radius 1 is 0.947 bits per heavy atom. The number of hydrogen-bond acceptors (Lipinski definition) is 3. The zero-order valence-electron chi connectivity index (χ0n) is 9.32. The van der Waals surface area contributed by atoms with Crippen molar-refractivity contribution in [2.75, 3.05) is 13.7 Å². The van der Waals surface area contributed by atoms with E-state index in [9.17, 15) is 31.5 Å². The maximum Gasteiger partial charge on any atom is 0.325 e. The molecule has 0 fully saturated rings. The first-order valence-electron chi connectivity index (χ1n) is 4.67. The van der Waals surface area contributed by atoms with E-state index in [0.29, 0.717) is 0 Å². The van der Waals surface area contributed by atoms with Gasteiger partial charge >= 0.3 is 5.97 Å². The van der Waals surface area contributed by atoms with Crippen LogP contribution in [0.25, 0.3) is 0 Å². The van der Waals surface area contributed by atoms with Crippen LogP contribution in [0.5, 0.6) is 0 Å². The molecule has 104 valence electrons. The number of carbonyl (C=O) groups excluding carboxylic acids is 2. The average Bonchev–Trinajstić information content (AvgIpc) is 2.40. The van der Waals surface area contributed by atoms with Crippen LogP contribution >= 0.6 is 0 Å². The first-order valence-corrected chi connectivity index (χ1v) is 4.67. The maximum atomic E-state index is 13.2. The molecule has 1 amide bonds. The van der Waals surface area contributed by atoms with Crippen LogP contribution in [-0.4, -0.2) is 25.5 Å². The molecule has 0 spiro atoms. The zero-order chi connectivity index (χ0) is 14.7. The van der Waals surface area contributed by atoms with Gasteiger partial charge in [-0.1, -0.05) is 0 Å². The standard InChI is InChI=1S/C10H6F5NO3/c1-19-3(17)2-16-10(18)4-5(11)7(13)9(15)8(14)6(4)12/h2H2,1H3,(H,16,18). The Morgan fingerprint density at radius 3 is 1.79 bits per heavy atom. The lowest BCUT2D eigenvalue weighted by Gasteiger charge is -2.08. The summed E-state index contributed by atoms with van der Waals surface area (Å²) in [4.78, 5) is 21.9. The molecule has 1 rings (SSSR count). The minimum Gasteiger partial charge on any atom is -0.468 e. The van der Waals surface area contributed by atoms with Crippen molar-refractivity contribution in [3.63, 3.8) is 0 Å². The molecule has 0 radical (unpaired) electrons. The van der Waals surface area contributed by atoms with Gasteiger partial charge in [-0.3, -0.25) is 9.59 Å². The van der Waals surface area contributed by atoms with Gasteiger partial charge < -0.3 is 10.1 Å². The monoisotopic (exact) mass is 283 g/mol. The Bertz CT molecular complexity index is 517. The smallest absolute Gasteiger partial charge is 0.325 e. The quantitative estimate of drug-likeness (QED) is 0.393. The third-order valence-corrected chi connectivity index (χ3v) is 2.06. The van der Waals surface area contributed by atoms with Gasteiger partial charge in [-0.05, 0) is 0 Å². The molecule has 0 bridgehead atoms. The Balaban J connectivity index is 3.14. The lowest BCUT2D eigenvalue weighted by Crippen LogP contribution is -2.32. The van der Waals surface area contributed by atoms with E-state index in [1.807, 2.05) is 0 Å². The molecule has 1 aromatic rings. The number of esters is 1. The Morgan fingerprint density at radius 2 is 1.37 bits per heavy atom. The number of benzene rings is 1. The molecule has 0 aliphatic carbocycles. The topological polar surface area (TPSA) is 55.4 Å². The molecule has 9 heteroatoms. The number of amides is 1. The van der Waals surface area contributed by atoms with Gasteiger partial charge in [0.2, 0.25) is 5.82 Å². The van der Waals surface area contributed by atoms with Gasteiger partial charge in [-0.25, -0.2) is 22.0 Å². The molecule has 0 aliphatic rings. The number of methoxy groups -OCH3 is 1. The van der Waals surface area contributed by atoms with E-state index in [4.69, 9.17) is 0 Å². The number of nitrogens with one attached hydrogen (secondary N) is 1. The van der Waals surface area contributed by atoms with Gasteiger partial charge in [0.1, 0.15) is 12.1 Å². The number of hydrogen-bond donors (Lipinski definition) is 1. The number of halogens is 5. The molecule has 0 saturated carbocycles. The predicted octanol–water partition coefficient (Wildman–Crippen LogP) is 1.28. The van der Waals surface area contributed by atoms with Gasteiger partial charge in [0, 0.05) is 0 Å². The van der Waals surface area contributed by atoms with E-state index < -0.39 is 53.1 Å². The fraction of sp³-hybridized carbons (Fsp3) is 0.200. The highest BCUT2D eigenvalue weighted by atomic mass is 19.2. The van der Waals surface area contributed by atoms with E-state index >= 15 is 0 Å². The van der Waals surface area contributed by atoms with Crippen molar-refractivity contribution in [2.45, 2.75) is 0 Å². The molecule has 1 aromatic carbocycles. The van der Waals surface area contributed by atoms with Crippen molar-refractivity contribution >= 4 is 11.9 Å². The first kappa shape index (κ1) is 14.9. The SMILES string of the molecule is COC(=O)CNC(=O)c1c(F)c(F)c(F)c(F)c1F. The van der Waals surface area contributed by atoms with Crippen molar-refractivity contribution in [2.24, 2.45) is 0 Å². The second-order valence-corrected chi connectivity index (χ2v) is 3.20. The maximum absolute atomic E-state index is 13.2. The molecule has 4 nitrogen and oxygen atoms in total. The fourth-order valence-corrected chi connectivity index (χ4v) is 1.12. The molecule has 19 heavy (non-hydrogen) atoms. The van der Waals surface area contributed by atoms with E-state index in [1.165, 1.54) is 0 Å². The van der Waals surface area contributed by atoms with Gasteiger partial charge in [0.05, 0.1) is 7.11 Å². The second-order valence-electron chi connectivity index (χ2n) is 3.20. The van der Waals surface area contributed by atoms with Crippen LogP contribution in [0.2, 0.25) is 0 Å². The van der Waals surface area contributed by atoms with Crippen molar-refractivity contribution in [3.8, 4) is 0 Å². The van der Waals surface area contributed by atoms with Crippen LogP contribution in [0, 0.1) is 29.1 Å². The highest BCUT2D eigenvalue weighted by Gasteiger charge is 2.29. The summed E-state index contributed by atoms with van der Waals surface area (Å²) in [5.41, 5.74) is -1.67. The van der Waals surface area contributed by atoms with Crippen molar-refractivity contribution in [1.29, 1.82) is 0 Å². The normalized spacial score (nSPS) is 10.2. The van der Waals surface area contributed by atoms with Crippen LogP contribution in [0.4, 0.5) is 22.0 Å². The van der Waals surface area contributed by atoms with Gasteiger partial charge in [-0.15, -0.1) is 0 Å². The molecule has 0 unspecified atom stereocenters. The molecule has 0 aromatic heterocycles. The van der Waals surface area contributed by atoms with Gasteiger partial charge in [-0.2, -0.15) is 0 Å². The molecule has 0 saturated heterocycles. The summed E-state index contributed by atoms with van der Waals surface area (Å²) >= 11 is 0. The molecule has 0 heterocycles. The van der Waals surface area contributed by atoms with Gasteiger partial charge in [0.15, 0.2) is 23.3 Å². The predicted molar refractivity (Wildman–Crippen MR) is 50.6 cm³/mol. The third kappa shape index (κ3) is 2.80. The molecule has 0 aliphatic heterocycles. The van der Waals surface area contributed by atoms with Crippen LogP contribution in [-0.2, 0) is 9.53 Å². The van der Waals surface area contributed by atoms with Crippen LogP contribution < -0.4 is 5.32 Å². The largest absolute Gasteiger partial charge is 0.468 e. The van der Waals surface area contributed by atoms with Gasteiger partial charge in [0.25, 0.3) is 5.91 Å². The zero-order valence-corrected chi connectivity index (χ0v) is 9.32. The van der Waals surface area contributed by atoms with Crippen LogP contribution in [0.1, 0.15) is 10.4 Å². The van der Waals surface area contributed by atoms with Crippen LogP contribution in [0.3, 0.4) is 0 Å². The fourth-order valence-electron chi connectivity index (χ4n) is 1.12. The summed E-state index contributed by atoms with van der Waals surface area (Å²) in [5.74, 6) is -14.0. The molecular formula is C10H6F5NO3. The summed E-state index contributed by atoms with van der Waals surface area (Å²) in [5, 5.41) is 1.66. The Labute approximate surface area is 103 Å². The third-order valence-electron chi connectivity index (χ3n) is 2.06. The Kier molecular flexibility index (Phi) is 4.41. The minimum atomic E-state index is -2.38. The second kappa shape index (κ2) is 5.63. The van der Waals surface area contributed by atoms with E-state index in [-0.39, 0.29) is 0 Å². The van der Waals surface area contributed by atoms with E-state index in [2.05, 4.69) is 4.74 Å². The lowest BCUT2D eigenvalue weighted by atomic mass is 10.1. The number of rotatable bonds is 3. The molecule has 0 atom stereocenters. The van der Waals surface area contributed by atoms with Crippen molar-refractivity contribution in [3.05, 3.63) is 34.6 Å². The van der Waals surface area contributed by atoms with E-state index in [0.717, 1.165) is 7.11 Å².